The molecule has 2 aromatic rings. The second kappa shape index (κ2) is 7.22. The van der Waals surface area contributed by atoms with Crippen LogP contribution < -0.4 is 10.5 Å². The van der Waals surface area contributed by atoms with Crippen molar-refractivity contribution in [3.8, 4) is 5.75 Å². The van der Waals surface area contributed by atoms with Gasteiger partial charge in [0.1, 0.15) is 0 Å². The zero-order chi connectivity index (χ0) is 19.8. The van der Waals surface area contributed by atoms with E-state index in [1.807, 2.05) is 30.3 Å². The second-order valence-corrected chi connectivity index (χ2v) is 8.16. The predicted octanol–water partition coefficient (Wildman–Crippen LogP) is 1.86. The summed E-state index contributed by atoms with van der Waals surface area (Å²) in [5.74, 6) is -1.95. The summed E-state index contributed by atoms with van der Waals surface area (Å²) in [6, 6.07) is 10.3. The van der Waals surface area contributed by atoms with Gasteiger partial charge in [0.2, 0.25) is 15.8 Å². The number of hydrogen-bond donors (Lipinski definition) is 1. The van der Waals surface area contributed by atoms with Crippen LogP contribution in [0.5, 0.6) is 5.75 Å². The van der Waals surface area contributed by atoms with Crippen molar-refractivity contribution in [2.24, 2.45) is 5.73 Å². The summed E-state index contributed by atoms with van der Waals surface area (Å²) in [7, 11) is -3.09. The summed E-state index contributed by atoms with van der Waals surface area (Å²) in [4.78, 5) is 9.76. The summed E-state index contributed by atoms with van der Waals surface area (Å²) >= 11 is 0. The van der Waals surface area contributed by atoms with Gasteiger partial charge in [0.25, 0.3) is 0 Å². The number of nitro groups is 1. The average molecular weight is 395 g/mol. The molecule has 3 rings (SSSR count). The minimum Gasteiger partial charge on any atom is -0.488 e. The van der Waals surface area contributed by atoms with Crippen molar-refractivity contribution in [3.63, 3.8) is 0 Å². The Balaban J connectivity index is 1.97. The molecule has 1 aliphatic heterocycles. The predicted molar refractivity (Wildman–Crippen MR) is 95.5 cm³/mol. The van der Waals surface area contributed by atoms with Crippen LogP contribution in [0.1, 0.15) is 11.5 Å². The Morgan fingerprint density at radius 1 is 1.26 bits per heavy atom. The number of sulfonamides is 1. The fraction of sp³-hybridized carbons (Fsp3) is 0.294. The van der Waals surface area contributed by atoms with Crippen LogP contribution in [-0.4, -0.2) is 43.9 Å². The molecular weight excluding hydrogens is 377 g/mol. The number of methoxy groups -OCH3 is 1. The SMILES string of the molecule is COc1c(F)cc(S(=O)(=O)N2C[C@@H](N)[C@H](c3ccccc3)C2)cc1[N+](=O)[O-]. The van der Waals surface area contributed by atoms with Gasteiger partial charge in [-0.1, -0.05) is 30.3 Å². The molecule has 0 saturated carbocycles. The largest absolute Gasteiger partial charge is 0.488 e. The van der Waals surface area contributed by atoms with E-state index in [0.717, 1.165) is 29.1 Å². The van der Waals surface area contributed by atoms with E-state index in [1.54, 1.807) is 0 Å². The number of hydrogen-bond acceptors (Lipinski definition) is 6. The zero-order valence-electron chi connectivity index (χ0n) is 14.4. The molecule has 0 aromatic heterocycles. The lowest BCUT2D eigenvalue weighted by Crippen LogP contribution is -2.32. The standard InChI is InChI=1S/C17H18FN3O5S/c1-26-17-14(18)7-12(8-16(17)21(22)23)27(24,25)20-9-13(15(19)10-20)11-5-3-2-4-6-11/h2-8,13,15H,9-10,19H2,1H3/t13-,15+/m0/s1. The molecular formula is C17H18FN3O5S. The number of ether oxygens (including phenoxy) is 1. The summed E-state index contributed by atoms with van der Waals surface area (Å²) in [5.41, 5.74) is 6.27. The van der Waals surface area contributed by atoms with Crippen LogP contribution in [0.3, 0.4) is 0 Å². The number of nitrogens with zero attached hydrogens (tertiary/aromatic N) is 2. The number of nitrogens with two attached hydrogens (primary N) is 1. The van der Waals surface area contributed by atoms with Gasteiger partial charge >= 0.3 is 5.69 Å². The van der Waals surface area contributed by atoms with Gasteiger partial charge in [0.15, 0.2) is 5.82 Å². The number of rotatable bonds is 5. The first-order valence-electron chi connectivity index (χ1n) is 8.08. The average Bonchev–Trinajstić information content (AvgIpc) is 3.04. The minimum atomic E-state index is -4.16. The Kier molecular flexibility index (Phi) is 5.13. The topological polar surface area (TPSA) is 116 Å². The highest BCUT2D eigenvalue weighted by Gasteiger charge is 2.39. The number of nitro benzene ring substituents is 1. The van der Waals surface area contributed by atoms with E-state index in [-0.39, 0.29) is 19.0 Å². The second-order valence-electron chi connectivity index (χ2n) is 6.22. The van der Waals surface area contributed by atoms with Gasteiger partial charge in [-0.2, -0.15) is 4.31 Å². The molecule has 0 radical (unpaired) electrons. The molecule has 0 amide bonds. The number of benzene rings is 2. The van der Waals surface area contributed by atoms with Gasteiger partial charge in [-0.05, 0) is 11.6 Å². The molecule has 1 heterocycles. The Bertz CT molecular complexity index is 968. The monoisotopic (exact) mass is 395 g/mol. The maximum absolute atomic E-state index is 14.2. The van der Waals surface area contributed by atoms with Crippen molar-refractivity contribution in [1.29, 1.82) is 0 Å². The molecule has 1 saturated heterocycles. The van der Waals surface area contributed by atoms with Crippen LogP contribution >= 0.6 is 0 Å². The van der Waals surface area contributed by atoms with Crippen LogP contribution in [0, 0.1) is 15.9 Å². The zero-order valence-corrected chi connectivity index (χ0v) is 15.2. The molecule has 8 nitrogen and oxygen atoms in total. The van der Waals surface area contributed by atoms with Gasteiger partial charge in [-0.15, -0.1) is 0 Å². The van der Waals surface area contributed by atoms with Crippen LogP contribution in [0.4, 0.5) is 10.1 Å². The molecule has 0 bridgehead atoms. The van der Waals surface area contributed by atoms with Crippen LogP contribution in [0.25, 0.3) is 0 Å². The first-order chi connectivity index (χ1) is 12.8. The lowest BCUT2D eigenvalue weighted by atomic mass is 9.95. The summed E-state index contributed by atoms with van der Waals surface area (Å²) < 4.78 is 45.8. The molecule has 0 aliphatic carbocycles. The van der Waals surface area contributed by atoms with E-state index in [0.29, 0.717) is 0 Å². The normalized spacial score (nSPS) is 20.6. The van der Waals surface area contributed by atoms with Crippen molar-refractivity contribution in [1.82, 2.24) is 4.31 Å². The van der Waals surface area contributed by atoms with Crippen molar-refractivity contribution in [2.75, 3.05) is 20.2 Å². The molecule has 144 valence electrons. The van der Waals surface area contributed by atoms with Gasteiger partial charge in [0, 0.05) is 31.1 Å². The van der Waals surface area contributed by atoms with E-state index in [9.17, 15) is 22.9 Å². The smallest absolute Gasteiger partial charge is 0.315 e. The Labute approximate surface area is 155 Å². The maximum Gasteiger partial charge on any atom is 0.315 e. The van der Waals surface area contributed by atoms with Gasteiger partial charge in [0.05, 0.1) is 16.9 Å². The Morgan fingerprint density at radius 3 is 2.52 bits per heavy atom. The molecule has 0 unspecified atom stereocenters. The molecule has 27 heavy (non-hydrogen) atoms. The first kappa shape index (κ1) is 19.2. The van der Waals surface area contributed by atoms with E-state index >= 15 is 0 Å². The molecule has 2 atom stereocenters. The lowest BCUT2D eigenvalue weighted by molar-refractivity contribution is -0.386. The van der Waals surface area contributed by atoms with Crippen LogP contribution in [0.2, 0.25) is 0 Å². The third-order valence-electron chi connectivity index (χ3n) is 4.60. The van der Waals surface area contributed by atoms with E-state index in [1.165, 1.54) is 0 Å². The van der Waals surface area contributed by atoms with Crippen LogP contribution in [0.15, 0.2) is 47.4 Å². The van der Waals surface area contributed by atoms with Gasteiger partial charge in [-0.25, -0.2) is 12.8 Å². The Morgan fingerprint density at radius 2 is 1.93 bits per heavy atom. The van der Waals surface area contributed by atoms with Crippen molar-refractivity contribution in [2.45, 2.75) is 16.9 Å². The fourth-order valence-corrected chi connectivity index (χ4v) is 4.77. The van der Waals surface area contributed by atoms with Crippen molar-refractivity contribution >= 4 is 15.7 Å². The van der Waals surface area contributed by atoms with Gasteiger partial charge < -0.3 is 10.5 Å². The highest BCUT2D eigenvalue weighted by atomic mass is 32.2. The summed E-state index contributed by atoms with van der Waals surface area (Å²) in [6.07, 6.45) is 0. The van der Waals surface area contributed by atoms with Crippen LogP contribution in [-0.2, 0) is 10.0 Å². The molecule has 2 aromatic carbocycles. The summed E-state index contributed by atoms with van der Waals surface area (Å²) in [5, 5.41) is 11.2. The van der Waals surface area contributed by atoms with Gasteiger partial charge in [-0.3, -0.25) is 10.1 Å². The molecule has 10 heteroatoms. The first-order valence-corrected chi connectivity index (χ1v) is 9.52. The number of halogens is 1. The molecule has 0 spiro atoms. The third-order valence-corrected chi connectivity index (χ3v) is 6.40. The summed E-state index contributed by atoms with van der Waals surface area (Å²) in [6.45, 7) is 0.137. The fourth-order valence-electron chi connectivity index (χ4n) is 3.23. The van der Waals surface area contributed by atoms with E-state index < -0.39 is 43.1 Å². The molecule has 1 fully saturated rings. The highest BCUT2D eigenvalue weighted by Crippen LogP contribution is 2.36. The Hall–Kier alpha value is -2.56. The maximum atomic E-state index is 14.2. The molecule has 1 aliphatic rings. The highest BCUT2D eigenvalue weighted by molar-refractivity contribution is 7.89. The lowest BCUT2D eigenvalue weighted by Gasteiger charge is -2.17. The minimum absolute atomic E-state index is 0.0311. The quantitative estimate of drug-likeness (QED) is 0.610. The van der Waals surface area contributed by atoms with E-state index in [2.05, 4.69) is 4.74 Å². The molecule has 2 N–H and O–H groups in total. The van der Waals surface area contributed by atoms with Crippen molar-refractivity contribution in [3.05, 3.63) is 64.0 Å². The van der Waals surface area contributed by atoms with E-state index in [4.69, 9.17) is 5.73 Å². The third kappa shape index (κ3) is 3.51. The van der Waals surface area contributed by atoms with Crippen molar-refractivity contribution < 1.29 is 22.5 Å².